The molecule has 78 valence electrons. The first-order chi connectivity index (χ1) is 6.43. The number of nitrogens with zero attached hydrogens (tertiary/aromatic N) is 2. The number of rotatable bonds is 4. The fourth-order valence-electron chi connectivity index (χ4n) is 0.912. The van der Waals surface area contributed by atoms with Gasteiger partial charge in [0.1, 0.15) is 0 Å². The summed E-state index contributed by atoms with van der Waals surface area (Å²) in [5, 5.41) is 11.9. The van der Waals surface area contributed by atoms with E-state index >= 15 is 0 Å². The van der Waals surface area contributed by atoms with Crippen LogP contribution in [0.4, 0.5) is 5.95 Å². The summed E-state index contributed by atoms with van der Waals surface area (Å²) in [7, 11) is 1.85. The van der Waals surface area contributed by atoms with Crippen LogP contribution in [0.2, 0.25) is 0 Å². The lowest BCUT2D eigenvalue weighted by molar-refractivity contribution is -0.146. The van der Waals surface area contributed by atoms with Crippen LogP contribution in [0, 0.1) is 5.41 Å². The fourth-order valence-corrected chi connectivity index (χ4v) is 0.912. The van der Waals surface area contributed by atoms with Gasteiger partial charge in [-0.1, -0.05) is 0 Å². The Morgan fingerprint density at radius 2 is 2.36 bits per heavy atom. The second-order valence-electron chi connectivity index (χ2n) is 3.90. The molecular weight excluding hydrogens is 182 g/mol. The molecule has 1 aromatic heterocycles. The van der Waals surface area contributed by atoms with Crippen molar-refractivity contribution in [2.45, 2.75) is 13.8 Å². The smallest absolute Gasteiger partial charge is 0.310 e. The molecule has 0 bridgehead atoms. The van der Waals surface area contributed by atoms with E-state index in [2.05, 4.69) is 10.3 Å². The summed E-state index contributed by atoms with van der Waals surface area (Å²) in [6.07, 6.45) is 3.46. The summed E-state index contributed by atoms with van der Waals surface area (Å²) < 4.78 is 1.80. The molecule has 14 heavy (non-hydrogen) atoms. The van der Waals surface area contributed by atoms with Gasteiger partial charge in [-0.25, -0.2) is 4.98 Å². The molecule has 0 aromatic carbocycles. The Labute approximate surface area is 82.8 Å². The van der Waals surface area contributed by atoms with E-state index in [4.69, 9.17) is 5.11 Å². The zero-order valence-corrected chi connectivity index (χ0v) is 8.61. The van der Waals surface area contributed by atoms with Gasteiger partial charge < -0.3 is 15.0 Å². The molecule has 0 amide bonds. The summed E-state index contributed by atoms with van der Waals surface area (Å²) in [5.41, 5.74) is -0.786. The monoisotopic (exact) mass is 197 g/mol. The third-order valence-electron chi connectivity index (χ3n) is 2.09. The molecule has 0 radical (unpaired) electrons. The first kappa shape index (κ1) is 10.6. The van der Waals surface area contributed by atoms with Crippen LogP contribution in [0.3, 0.4) is 0 Å². The highest BCUT2D eigenvalue weighted by atomic mass is 16.4. The van der Waals surface area contributed by atoms with Crippen molar-refractivity contribution in [3.05, 3.63) is 12.4 Å². The van der Waals surface area contributed by atoms with Gasteiger partial charge in [0.25, 0.3) is 0 Å². The molecule has 0 saturated carbocycles. The van der Waals surface area contributed by atoms with Gasteiger partial charge in [-0.3, -0.25) is 4.79 Å². The molecule has 0 unspecified atom stereocenters. The van der Waals surface area contributed by atoms with Gasteiger partial charge in [0.15, 0.2) is 0 Å². The van der Waals surface area contributed by atoms with Gasteiger partial charge in [0, 0.05) is 26.0 Å². The Hall–Kier alpha value is -1.52. The highest BCUT2D eigenvalue weighted by Crippen LogP contribution is 2.15. The average molecular weight is 197 g/mol. The maximum Gasteiger partial charge on any atom is 0.310 e. The summed E-state index contributed by atoms with van der Waals surface area (Å²) in [6, 6.07) is 0. The van der Waals surface area contributed by atoms with Crippen LogP contribution in [0.25, 0.3) is 0 Å². The zero-order valence-electron chi connectivity index (χ0n) is 8.61. The number of hydrogen-bond acceptors (Lipinski definition) is 3. The quantitative estimate of drug-likeness (QED) is 0.754. The number of carboxylic acids is 1. The Kier molecular flexibility index (Phi) is 2.78. The minimum Gasteiger partial charge on any atom is -0.481 e. The van der Waals surface area contributed by atoms with E-state index in [9.17, 15) is 4.79 Å². The Bertz CT molecular complexity index is 331. The number of aliphatic carboxylic acids is 1. The third kappa shape index (κ3) is 2.25. The number of aryl methyl sites for hydroxylation is 1. The standard InChI is InChI=1S/C9H15N3O2/c1-9(2,7(13)14)6-11-8-10-4-5-12(8)3/h4-5H,6H2,1-3H3,(H,10,11)(H,13,14). The van der Waals surface area contributed by atoms with Crippen molar-refractivity contribution in [3.8, 4) is 0 Å². The largest absolute Gasteiger partial charge is 0.481 e. The molecule has 1 rings (SSSR count). The van der Waals surface area contributed by atoms with E-state index in [1.54, 1.807) is 30.8 Å². The van der Waals surface area contributed by atoms with Crippen LogP contribution in [-0.4, -0.2) is 27.2 Å². The molecule has 0 aliphatic rings. The van der Waals surface area contributed by atoms with Crippen molar-refractivity contribution in [2.75, 3.05) is 11.9 Å². The minimum absolute atomic E-state index is 0.354. The van der Waals surface area contributed by atoms with E-state index in [1.165, 1.54) is 0 Å². The van der Waals surface area contributed by atoms with Crippen molar-refractivity contribution >= 4 is 11.9 Å². The normalized spacial score (nSPS) is 11.4. The van der Waals surface area contributed by atoms with Crippen molar-refractivity contribution in [1.82, 2.24) is 9.55 Å². The summed E-state index contributed by atoms with van der Waals surface area (Å²) >= 11 is 0. The Morgan fingerprint density at radius 1 is 1.71 bits per heavy atom. The number of hydrogen-bond donors (Lipinski definition) is 2. The molecule has 0 atom stereocenters. The highest BCUT2D eigenvalue weighted by molar-refractivity contribution is 5.74. The van der Waals surface area contributed by atoms with E-state index < -0.39 is 11.4 Å². The molecule has 1 aromatic rings. The second-order valence-corrected chi connectivity index (χ2v) is 3.90. The third-order valence-corrected chi connectivity index (χ3v) is 2.09. The number of aromatic nitrogens is 2. The van der Waals surface area contributed by atoms with Crippen LogP contribution in [0.15, 0.2) is 12.4 Å². The summed E-state index contributed by atoms with van der Waals surface area (Å²) in [5.74, 6) is -0.140. The zero-order chi connectivity index (χ0) is 10.8. The van der Waals surface area contributed by atoms with Crippen LogP contribution in [0.1, 0.15) is 13.8 Å². The van der Waals surface area contributed by atoms with Crippen LogP contribution in [-0.2, 0) is 11.8 Å². The summed E-state index contributed by atoms with van der Waals surface area (Å²) in [6.45, 7) is 3.70. The lowest BCUT2D eigenvalue weighted by Crippen LogP contribution is -2.32. The molecule has 5 nitrogen and oxygen atoms in total. The van der Waals surface area contributed by atoms with Gasteiger partial charge >= 0.3 is 5.97 Å². The van der Waals surface area contributed by atoms with E-state index in [0.717, 1.165) is 0 Å². The van der Waals surface area contributed by atoms with Crippen LogP contribution < -0.4 is 5.32 Å². The number of imidazole rings is 1. The SMILES string of the molecule is Cn1ccnc1NCC(C)(C)C(=O)O. The van der Waals surface area contributed by atoms with E-state index in [-0.39, 0.29) is 0 Å². The first-order valence-electron chi connectivity index (χ1n) is 4.38. The lowest BCUT2D eigenvalue weighted by atomic mass is 9.94. The van der Waals surface area contributed by atoms with Crippen molar-refractivity contribution in [1.29, 1.82) is 0 Å². The van der Waals surface area contributed by atoms with Crippen molar-refractivity contribution in [3.63, 3.8) is 0 Å². The molecule has 0 aliphatic heterocycles. The van der Waals surface area contributed by atoms with Gasteiger partial charge in [-0.05, 0) is 13.8 Å². The molecule has 0 saturated heterocycles. The second kappa shape index (κ2) is 3.69. The number of nitrogens with one attached hydrogen (secondary N) is 1. The average Bonchev–Trinajstić information content (AvgIpc) is 2.47. The van der Waals surface area contributed by atoms with E-state index in [1.807, 2.05) is 7.05 Å². The van der Waals surface area contributed by atoms with Gasteiger partial charge in [0.2, 0.25) is 5.95 Å². The van der Waals surface area contributed by atoms with Crippen molar-refractivity contribution < 1.29 is 9.90 Å². The Morgan fingerprint density at radius 3 is 2.79 bits per heavy atom. The molecule has 0 fully saturated rings. The van der Waals surface area contributed by atoms with Crippen LogP contribution >= 0.6 is 0 Å². The first-order valence-corrected chi connectivity index (χ1v) is 4.38. The molecule has 5 heteroatoms. The number of anilines is 1. The van der Waals surface area contributed by atoms with Crippen LogP contribution in [0.5, 0.6) is 0 Å². The number of carboxylic acid groups (broad SMARTS) is 1. The predicted molar refractivity (Wildman–Crippen MR) is 53.1 cm³/mol. The highest BCUT2D eigenvalue weighted by Gasteiger charge is 2.27. The molecule has 2 N–H and O–H groups in total. The predicted octanol–water partition coefficient (Wildman–Crippen LogP) is 0.943. The molecule has 1 heterocycles. The maximum absolute atomic E-state index is 10.8. The van der Waals surface area contributed by atoms with Gasteiger partial charge in [-0.15, -0.1) is 0 Å². The fraction of sp³-hybridized carbons (Fsp3) is 0.556. The maximum atomic E-state index is 10.8. The molecule has 0 spiro atoms. The Balaban J connectivity index is 2.57. The number of carbonyl (C=O) groups is 1. The van der Waals surface area contributed by atoms with Crippen molar-refractivity contribution in [2.24, 2.45) is 12.5 Å². The van der Waals surface area contributed by atoms with Gasteiger partial charge in [0.05, 0.1) is 5.41 Å². The summed E-state index contributed by atoms with van der Waals surface area (Å²) in [4.78, 5) is 14.8. The minimum atomic E-state index is -0.820. The van der Waals surface area contributed by atoms with E-state index in [0.29, 0.717) is 12.5 Å². The van der Waals surface area contributed by atoms with Gasteiger partial charge in [-0.2, -0.15) is 0 Å². The molecular formula is C9H15N3O2. The lowest BCUT2D eigenvalue weighted by Gasteiger charge is -2.19. The molecule has 0 aliphatic carbocycles. The topological polar surface area (TPSA) is 67.2 Å².